The Morgan fingerprint density at radius 1 is 1.33 bits per heavy atom. The molecule has 18 heavy (non-hydrogen) atoms. The molecule has 0 aliphatic heterocycles. The van der Waals surface area contributed by atoms with E-state index in [9.17, 15) is 14.0 Å². The number of hydrogen-bond donors (Lipinski definition) is 1. The number of carboxylic acid groups (broad SMARTS) is 1. The number of benzene rings is 1. The SMILES string of the molecule is Cc1c(F)cccc1C(=O)N(C)C(C)(C)C(=O)O. The molecule has 0 saturated carbocycles. The van der Waals surface area contributed by atoms with E-state index in [1.807, 2.05) is 0 Å². The second-order valence-corrected chi connectivity index (χ2v) is 4.64. The average molecular weight is 253 g/mol. The van der Waals surface area contributed by atoms with Gasteiger partial charge in [0.15, 0.2) is 0 Å². The first kappa shape index (κ1) is 14.2. The number of amides is 1. The third-order valence-electron chi connectivity index (χ3n) is 3.16. The van der Waals surface area contributed by atoms with Crippen LogP contribution >= 0.6 is 0 Å². The third-order valence-corrected chi connectivity index (χ3v) is 3.16. The van der Waals surface area contributed by atoms with Crippen molar-refractivity contribution in [1.82, 2.24) is 4.90 Å². The lowest BCUT2D eigenvalue weighted by atomic mass is 10.0. The van der Waals surface area contributed by atoms with Crippen LogP contribution in [0.2, 0.25) is 0 Å². The fourth-order valence-electron chi connectivity index (χ4n) is 1.42. The molecule has 1 amide bonds. The standard InChI is InChI=1S/C13H16FNO3/c1-8-9(6-5-7-10(8)14)11(16)15(4)13(2,3)12(17)18/h5-7H,1-4H3,(H,17,18). The van der Waals surface area contributed by atoms with Crippen molar-refractivity contribution in [3.63, 3.8) is 0 Å². The van der Waals surface area contributed by atoms with Gasteiger partial charge in [0.05, 0.1) is 0 Å². The maximum absolute atomic E-state index is 13.4. The van der Waals surface area contributed by atoms with Crippen LogP contribution in [0.5, 0.6) is 0 Å². The lowest BCUT2D eigenvalue weighted by Crippen LogP contribution is -2.50. The number of nitrogens with zero attached hydrogens (tertiary/aromatic N) is 1. The molecule has 0 aliphatic rings. The Morgan fingerprint density at radius 3 is 2.39 bits per heavy atom. The Hall–Kier alpha value is -1.91. The topological polar surface area (TPSA) is 57.6 Å². The highest BCUT2D eigenvalue weighted by Gasteiger charge is 2.36. The lowest BCUT2D eigenvalue weighted by Gasteiger charge is -2.32. The highest BCUT2D eigenvalue weighted by atomic mass is 19.1. The van der Waals surface area contributed by atoms with Crippen molar-refractivity contribution in [1.29, 1.82) is 0 Å². The van der Waals surface area contributed by atoms with Gasteiger partial charge >= 0.3 is 5.97 Å². The summed E-state index contributed by atoms with van der Waals surface area (Å²) in [5.41, 5.74) is -0.960. The molecule has 4 nitrogen and oxygen atoms in total. The maximum atomic E-state index is 13.4. The quantitative estimate of drug-likeness (QED) is 0.897. The van der Waals surface area contributed by atoms with Crippen molar-refractivity contribution in [3.8, 4) is 0 Å². The fourth-order valence-corrected chi connectivity index (χ4v) is 1.42. The van der Waals surface area contributed by atoms with Crippen molar-refractivity contribution in [2.45, 2.75) is 26.3 Å². The molecule has 5 heteroatoms. The predicted molar refractivity (Wildman–Crippen MR) is 64.9 cm³/mol. The summed E-state index contributed by atoms with van der Waals surface area (Å²) < 4.78 is 13.4. The molecule has 1 aromatic carbocycles. The predicted octanol–water partition coefficient (Wildman–Crippen LogP) is 2.07. The molecule has 0 fully saturated rings. The van der Waals surface area contributed by atoms with E-state index in [0.29, 0.717) is 0 Å². The van der Waals surface area contributed by atoms with Crippen LogP contribution in [-0.2, 0) is 4.79 Å². The summed E-state index contributed by atoms with van der Waals surface area (Å²) in [4.78, 5) is 24.3. The van der Waals surface area contributed by atoms with Crippen LogP contribution in [0.25, 0.3) is 0 Å². The van der Waals surface area contributed by atoms with Crippen molar-refractivity contribution in [3.05, 3.63) is 35.1 Å². The van der Waals surface area contributed by atoms with Gasteiger partial charge in [0.1, 0.15) is 11.4 Å². The van der Waals surface area contributed by atoms with Gasteiger partial charge in [-0.1, -0.05) is 6.07 Å². The van der Waals surface area contributed by atoms with Crippen LogP contribution in [0.15, 0.2) is 18.2 Å². The van der Waals surface area contributed by atoms with Gasteiger partial charge in [-0.2, -0.15) is 0 Å². The summed E-state index contributed by atoms with van der Waals surface area (Å²) in [6, 6.07) is 4.17. The van der Waals surface area contributed by atoms with Crippen LogP contribution in [-0.4, -0.2) is 34.5 Å². The van der Waals surface area contributed by atoms with Crippen LogP contribution in [0.1, 0.15) is 29.8 Å². The summed E-state index contributed by atoms with van der Waals surface area (Å²) in [5, 5.41) is 9.06. The number of carboxylic acids is 1. The Kier molecular flexibility index (Phi) is 3.74. The normalized spacial score (nSPS) is 11.2. The zero-order valence-electron chi connectivity index (χ0n) is 10.8. The summed E-state index contributed by atoms with van der Waals surface area (Å²) in [7, 11) is 1.39. The Balaban J connectivity index is 3.16. The number of aliphatic carboxylic acids is 1. The molecule has 98 valence electrons. The monoisotopic (exact) mass is 253 g/mol. The van der Waals surface area contributed by atoms with E-state index < -0.39 is 23.2 Å². The number of halogens is 1. The summed E-state index contributed by atoms with van der Waals surface area (Å²) in [5.74, 6) is -2.12. The summed E-state index contributed by atoms with van der Waals surface area (Å²) >= 11 is 0. The maximum Gasteiger partial charge on any atom is 0.329 e. The molecule has 0 saturated heterocycles. The van der Waals surface area contributed by atoms with Crippen molar-refractivity contribution in [2.24, 2.45) is 0 Å². The molecule has 1 N–H and O–H groups in total. The molecule has 0 aliphatic carbocycles. The van der Waals surface area contributed by atoms with Crippen molar-refractivity contribution < 1.29 is 19.1 Å². The Morgan fingerprint density at radius 2 is 1.89 bits per heavy atom. The molecule has 0 aromatic heterocycles. The number of carbonyl (C=O) groups excluding carboxylic acids is 1. The highest BCUT2D eigenvalue weighted by Crippen LogP contribution is 2.19. The minimum absolute atomic E-state index is 0.173. The van der Waals surface area contributed by atoms with Gasteiger partial charge < -0.3 is 10.0 Å². The van der Waals surface area contributed by atoms with Gasteiger partial charge in [0.2, 0.25) is 0 Å². The average Bonchev–Trinajstić information content (AvgIpc) is 2.30. The first-order valence-corrected chi connectivity index (χ1v) is 5.46. The van der Waals surface area contributed by atoms with Gasteiger partial charge in [-0.3, -0.25) is 4.79 Å². The van der Waals surface area contributed by atoms with E-state index in [1.165, 1.54) is 46.0 Å². The molecule has 0 spiro atoms. The van der Waals surface area contributed by atoms with Crippen LogP contribution < -0.4 is 0 Å². The second-order valence-electron chi connectivity index (χ2n) is 4.64. The van der Waals surface area contributed by atoms with Crippen LogP contribution in [0.4, 0.5) is 4.39 Å². The Bertz CT molecular complexity index is 497. The highest BCUT2D eigenvalue weighted by molar-refractivity contribution is 5.98. The smallest absolute Gasteiger partial charge is 0.329 e. The molecule has 1 aromatic rings. The zero-order chi connectivity index (χ0) is 14.1. The number of carbonyl (C=O) groups is 2. The number of likely N-dealkylation sites (N-methyl/N-ethyl adjacent to an activating group) is 1. The number of hydrogen-bond acceptors (Lipinski definition) is 2. The molecular formula is C13H16FNO3. The minimum atomic E-state index is -1.35. The largest absolute Gasteiger partial charge is 0.480 e. The first-order valence-electron chi connectivity index (χ1n) is 5.46. The van der Waals surface area contributed by atoms with E-state index >= 15 is 0 Å². The second kappa shape index (κ2) is 4.76. The van der Waals surface area contributed by atoms with Gasteiger partial charge in [-0.25, -0.2) is 9.18 Å². The van der Waals surface area contributed by atoms with Crippen LogP contribution in [0, 0.1) is 12.7 Å². The van der Waals surface area contributed by atoms with E-state index in [0.717, 1.165) is 4.90 Å². The Labute approximate surface area is 105 Å². The van der Waals surface area contributed by atoms with Gasteiger partial charge in [-0.05, 0) is 38.5 Å². The summed E-state index contributed by atoms with van der Waals surface area (Å²) in [6.45, 7) is 4.33. The van der Waals surface area contributed by atoms with E-state index in [-0.39, 0.29) is 11.1 Å². The third kappa shape index (κ3) is 2.34. The first-order chi connectivity index (χ1) is 8.19. The molecular weight excluding hydrogens is 237 g/mol. The van der Waals surface area contributed by atoms with E-state index in [1.54, 1.807) is 0 Å². The molecule has 0 unspecified atom stereocenters. The molecule has 0 atom stereocenters. The van der Waals surface area contributed by atoms with E-state index in [4.69, 9.17) is 5.11 Å². The van der Waals surface area contributed by atoms with Crippen molar-refractivity contribution in [2.75, 3.05) is 7.05 Å². The fraction of sp³-hybridized carbons (Fsp3) is 0.385. The molecule has 0 heterocycles. The van der Waals surface area contributed by atoms with Gasteiger partial charge in [0, 0.05) is 12.6 Å². The number of rotatable bonds is 3. The summed E-state index contributed by atoms with van der Waals surface area (Å²) in [6.07, 6.45) is 0. The molecule has 0 radical (unpaired) electrons. The van der Waals surface area contributed by atoms with Crippen molar-refractivity contribution >= 4 is 11.9 Å². The molecule has 1 rings (SSSR count). The molecule has 0 bridgehead atoms. The van der Waals surface area contributed by atoms with E-state index in [2.05, 4.69) is 0 Å². The van der Waals surface area contributed by atoms with Crippen LogP contribution in [0.3, 0.4) is 0 Å². The zero-order valence-corrected chi connectivity index (χ0v) is 10.8. The van der Waals surface area contributed by atoms with Gasteiger partial charge in [-0.15, -0.1) is 0 Å². The van der Waals surface area contributed by atoms with Gasteiger partial charge in [0.25, 0.3) is 5.91 Å². The lowest BCUT2D eigenvalue weighted by molar-refractivity contribution is -0.147. The minimum Gasteiger partial charge on any atom is -0.480 e.